The molecule has 3 N–H and O–H groups in total. The van der Waals surface area contributed by atoms with Crippen molar-refractivity contribution in [1.82, 2.24) is 20.5 Å². The number of esters is 1. The van der Waals surface area contributed by atoms with Gasteiger partial charge < -0.3 is 30.0 Å². The van der Waals surface area contributed by atoms with Crippen LogP contribution in [0.5, 0.6) is 5.75 Å². The van der Waals surface area contributed by atoms with E-state index in [1.54, 1.807) is 18.1 Å². The number of rotatable bonds is 7. The molecule has 0 unspecified atom stereocenters. The van der Waals surface area contributed by atoms with Crippen LogP contribution in [0.1, 0.15) is 75.7 Å². The molecule has 2 saturated heterocycles. The van der Waals surface area contributed by atoms with Gasteiger partial charge in [0.05, 0.1) is 14.2 Å². The first-order chi connectivity index (χ1) is 19.0. The van der Waals surface area contributed by atoms with Crippen molar-refractivity contribution in [2.75, 3.05) is 20.8 Å². The highest BCUT2D eigenvalue weighted by Crippen LogP contribution is 2.47. The van der Waals surface area contributed by atoms with Crippen LogP contribution in [0.4, 0.5) is 0 Å². The van der Waals surface area contributed by atoms with Crippen LogP contribution in [0.2, 0.25) is 0 Å². The zero-order valence-electron chi connectivity index (χ0n) is 23.8. The third-order valence-electron chi connectivity index (χ3n) is 8.97. The lowest BCUT2D eigenvalue weighted by Crippen LogP contribution is -2.51. The summed E-state index contributed by atoms with van der Waals surface area (Å²) in [6, 6.07) is 5.63. The number of carbonyl (C=O) groups is 4. The number of hydrogen-bond acceptors (Lipinski definition) is 6. The molecule has 1 spiro atoms. The Balaban J connectivity index is 1.40. The van der Waals surface area contributed by atoms with Crippen LogP contribution in [-0.2, 0) is 19.1 Å². The second-order valence-corrected chi connectivity index (χ2v) is 12.4. The number of nitrogens with one attached hydrogen (secondary N) is 3. The van der Waals surface area contributed by atoms with Gasteiger partial charge in [0.2, 0.25) is 11.8 Å². The minimum Gasteiger partial charge on any atom is -0.496 e. The number of hydrogen-bond donors (Lipinski definition) is 3. The van der Waals surface area contributed by atoms with E-state index in [0.29, 0.717) is 30.8 Å². The maximum Gasteiger partial charge on any atom is 0.328 e. The molecule has 3 heterocycles. The number of likely N-dealkylation sites (tertiary alicyclic amines) is 1. The van der Waals surface area contributed by atoms with Gasteiger partial charge in [-0.25, -0.2) is 4.79 Å². The molecule has 3 atom stereocenters. The summed E-state index contributed by atoms with van der Waals surface area (Å²) in [7, 11) is 2.86. The van der Waals surface area contributed by atoms with E-state index < -0.39 is 29.9 Å². The summed E-state index contributed by atoms with van der Waals surface area (Å²) in [5.41, 5.74) is 0.658. The summed E-state index contributed by atoms with van der Waals surface area (Å²) in [5.74, 6) is -1.15. The number of aromatic nitrogens is 1. The molecule has 5 rings (SSSR count). The van der Waals surface area contributed by atoms with Gasteiger partial charge in [-0.15, -0.1) is 0 Å². The van der Waals surface area contributed by atoms with Crippen molar-refractivity contribution >= 4 is 34.6 Å². The number of ether oxygens (including phenoxy) is 2. The summed E-state index contributed by atoms with van der Waals surface area (Å²) in [4.78, 5) is 58.0. The molecule has 1 saturated carbocycles. The molecule has 1 aromatic heterocycles. The Labute approximate surface area is 234 Å². The molecule has 2 aliphatic heterocycles. The summed E-state index contributed by atoms with van der Waals surface area (Å²) in [5, 5.41) is 6.61. The fraction of sp³-hybridized carbons (Fsp3) is 0.600. The van der Waals surface area contributed by atoms with Crippen LogP contribution >= 0.6 is 0 Å². The fourth-order valence-corrected chi connectivity index (χ4v) is 7.04. The first-order valence-corrected chi connectivity index (χ1v) is 14.2. The topological polar surface area (TPSA) is 130 Å². The van der Waals surface area contributed by atoms with E-state index in [9.17, 15) is 19.2 Å². The number of fused-ring (bicyclic) bond motifs is 1. The van der Waals surface area contributed by atoms with Gasteiger partial charge in [0.15, 0.2) is 0 Å². The van der Waals surface area contributed by atoms with Gasteiger partial charge >= 0.3 is 5.97 Å². The maximum atomic E-state index is 14.0. The lowest BCUT2D eigenvalue weighted by molar-refractivity contribution is -0.146. The fourth-order valence-electron chi connectivity index (χ4n) is 7.04. The minimum atomic E-state index is -0.987. The molecule has 0 radical (unpaired) electrons. The summed E-state index contributed by atoms with van der Waals surface area (Å²) < 4.78 is 10.5. The van der Waals surface area contributed by atoms with Crippen LogP contribution in [0, 0.1) is 11.3 Å². The highest BCUT2D eigenvalue weighted by atomic mass is 16.5. The maximum absolute atomic E-state index is 14.0. The lowest BCUT2D eigenvalue weighted by Gasteiger charge is -2.32. The molecule has 1 aromatic carbocycles. The number of aromatic amines is 1. The summed E-state index contributed by atoms with van der Waals surface area (Å²) in [6.07, 6.45) is 6.43. The van der Waals surface area contributed by atoms with Gasteiger partial charge in [-0.05, 0) is 69.6 Å². The Morgan fingerprint density at radius 1 is 1.12 bits per heavy atom. The van der Waals surface area contributed by atoms with Gasteiger partial charge in [-0.3, -0.25) is 14.4 Å². The van der Waals surface area contributed by atoms with Crippen LogP contribution in [0.3, 0.4) is 0 Å². The van der Waals surface area contributed by atoms with Crippen LogP contribution in [-0.4, -0.2) is 72.0 Å². The number of nitrogens with zero attached hydrogens (tertiary/aromatic N) is 1. The number of benzene rings is 1. The van der Waals surface area contributed by atoms with Gasteiger partial charge in [-0.2, -0.15) is 0 Å². The van der Waals surface area contributed by atoms with E-state index in [0.717, 1.165) is 43.0 Å². The van der Waals surface area contributed by atoms with Crippen molar-refractivity contribution in [2.45, 2.75) is 82.8 Å². The zero-order valence-corrected chi connectivity index (χ0v) is 23.8. The van der Waals surface area contributed by atoms with Gasteiger partial charge in [0.25, 0.3) is 5.91 Å². The highest BCUT2D eigenvalue weighted by Gasteiger charge is 2.50. The Morgan fingerprint density at radius 3 is 2.52 bits per heavy atom. The van der Waals surface area contributed by atoms with E-state index >= 15 is 0 Å². The van der Waals surface area contributed by atoms with Crippen molar-refractivity contribution in [3.63, 3.8) is 0 Å². The molecule has 0 bridgehead atoms. The number of methoxy groups -OCH3 is 2. The average Bonchev–Trinajstić information content (AvgIpc) is 3.60. The number of carbonyl (C=O) groups excluding carboxylic acids is 4. The lowest BCUT2D eigenvalue weighted by atomic mass is 9.72. The molecule has 40 heavy (non-hydrogen) atoms. The molecular weight excluding hydrogens is 512 g/mol. The smallest absolute Gasteiger partial charge is 0.328 e. The summed E-state index contributed by atoms with van der Waals surface area (Å²) >= 11 is 0. The molecule has 3 aliphatic rings. The Hall–Kier alpha value is -3.56. The van der Waals surface area contributed by atoms with Crippen LogP contribution in [0.25, 0.3) is 10.9 Å². The molecule has 1 aliphatic carbocycles. The van der Waals surface area contributed by atoms with Crippen molar-refractivity contribution in [3.05, 3.63) is 30.0 Å². The molecule has 216 valence electrons. The SMILES string of the molecule is COC(=O)[C@H](C[C@@H]1CC(C)(C)NC1=O)NC(=O)[C@@H]1CC2(CCCCC2)CN1C(=O)c1cc2c(OC)cccc2[nH]1. The normalized spacial score (nSPS) is 24.1. The van der Waals surface area contributed by atoms with E-state index in [-0.39, 0.29) is 29.2 Å². The first-order valence-electron chi connectivity index (χ1n) is 14.2. The monoisotopic (exact) mass is 552 g/mol. The van der Waals surface area contributed by atoms with Gasteiger partial charge in [-0.1, -0.05) is 25.3 Å². The second kappa shape index (κ2) is 10.8. The Kier molecular flexibility index (Phi) is 7.54. The first kappa shape index (κ1) is 28.0. The quantitative estimate of drug-likeness (QED) is 0.452. The molecular formula is C30H40N4O6. The van der Waals surface area contributed by atoms with Gasteiger partial charge in [0, 0.05) is 28.9 Å². The van der Waals surface area contributed by atoms with Gasteiger partial charge in [0.1, 0.15) is 23.5 Å². The molecule has 10 heteroatoms. The standard InChI is InChI=1S/C30H40N4O6/c1-29(2)15-18(25(35)33-29)13-22(28(38)40-4)32-26(36)23-16-30(11-6-5-7-12-30)17-34(23)27(37)21-14-19-20(31-21)9-8-10-24(19)39-3/h8-10,14,18,22-23,31H,5-7,11-13,15-17H2,1-4H3,(H,32,36)(H,33,35)/t18-,22+,23+/m1/s1. The zero-order chi connectivity index (χ0) is 28.7. The van der Waals surface area contributed by atoms with E-state index in [4.69, 9.17) is 9.47 Å². The average molecular weight is 553 g/mol. The molecule has 3 amide bonds. The predicted octanol–water partition coefficient (Wildman–Crippen LogP) is 3.30. The Bertz CT molecular complexity index is 1310. The van der Waals surface area contributed by atoms with E-state index in [1.807, 2.05) is 32.0 Å². The molecule has 3 fully saturated rings. The third kappa shape index (κ3) is 5.40. The Morgan fingerprint density at radius 2 is 1.88 bits per heavy atom. The number of amides is 3. The molecule has 10 nitrogen and oxygen atoms in total. The van der Waals surface area contributed by atoms with Crippen LogP contribution < -0.4 is 15.4 Å². The summed E-state index contributed by atoms with van der Waals surface area (Å²) in [6.45, 7) is 4.35. The largest absolute Gasteiger partial charge is 0.496 e. The predicted molar refractivity (Wildman–Crippen MR) is 149 cm³/mol. The van der Waals surface area contributed by atoms with Crippen molar-refractivity contribution in [2.24, 2.45) is 11.3 Å². The van der Waals surface area contributed by atoms with E-state index in [2.05, 4.69) is 15.6 Å². The third-order valence-corrected chi connectivity index (χ3v) is 8.97. The minimum absolute atomic E-state index is 0.129. The van der Waals surface area contributed by atoms with Crippen molar-refractivity contribution in [3.8, 4) is 5.75 Å². The number of H-pyrrole nitrogens is 1. The van der Waals surface area contributed by atoms with Crippen LogP contribution in [0.15, 0.2) is 24.3 Å². The van der Waals surface area contributed by atoms with E-state index in [1.165, 1.54) is 7.11 Å². The second-order valence-electron chi connectivity index (χ2n) is 12.4. The molecule has 2 aromatic rings. The van der Waals surface area contributed by atoms with Crippen molar-refractivity contribution in [1.29, 1.82) is 0 Å². The highest BCUT2D eigenvalue weighted by molar-refractivity contribution is 6.02. The van der Waals surface area contributed by atoms with Crippen molar-refractivity contribution < 1.29 is 28.7 Å².